The van der Waals surface area contributed by atoms with E-state index >= 15 is 0 Å². The molecule has 3 N–H and O–H groups in total. The lowest BCUT2D eigenvalue weighted by molar-refractivity contribution is -0.138. The zero-order valence-corrected chi connectivity index (χ0v) is 10.5. The smallest absolute Gasteiger partial charge is 0.320 e. The fraction of sp³-hybridized carbons (Fsp3) is 0.545. The lowest BCUT2D eigenvalue weighted by Crippen LogP contribution is -2.34. The minimum absolute atomic E-state index is 0.482. The van der Waals surface area contributed by atoms with Gasteiger partial charge in [-0.05, 0) is 37.4 Å². The van der Waals surface area contributed by atoms with Crippen LogP contribution in [-0.4, -0.2) is 35.6 Å². The first kappa shape index (κ1) is 13.2. The summed E-state index contributed by atoms with van der Waals surface area (Å²) in [7, 11) is 1.98. The summed E-state index contributed by atoms with van der Waals surface area (Å²) in [5.41, 5.74) is 6.74. The van der Waals surface area contributed by atoms with Crippen LogP contribution < -0.4 is 5.73 Å². The molecule has 0 aliphatic carbocycles. The number of aliphatic carboxylic acids is 1. The molecule has 0 bridgehead atoms. The van der Waals surface area contributed by atoms with Gasteiger partial charge in [-0.15, -0.1) is 11.3 Å². The minimum Gasteiger partial charge on any atom is -0.480 e. The third-order valence-corrected chi connectivity index (χ3v) is 3.53. The van der Waals surface area contributed by atoms with E-state index in [0.717, 1.165) is 6.54 Å². The van der Waals surface area contributed by atoms with Crippen LogP contribution in [0.3, 0.4) is 0 Å². The molecule has 0 aliphatic rings. The second kappa shape index (κ2) is 5.98. The molecule has 1 heterocycles. The van der Waals surface area contributed by atoms with E-state index in [4.69, 9.17) is 10.8 Å². The molecule has 0 aliphatic heterocycles. The molecule has 0 fully saturated rings. The van der Waals surface area contributed by atoms with Gasteiger partial charge in [0.15, 0.2) is 0 Å². The summed E-state index contributed by atoms with van der Waals surface area (Å²) in [5.74, 6) is -0.930. The number of carboxylic acid groups (broad SMARTS) is 1. The molecule has 1 aromatic rings. The van der Waals surface area contributed by atoms with E-state index in [2.05, 4.69) is 23.3 Å². The Labute approximate surface area is 99.7 Å². The van der Waals surface area contributed by atoms with Crippen LogP contribution >= 0.6 is 11.3 Å². The Hall–Kier alpha value is -0.910. The largest absolute Gasteiger partial charge is 0.480 e. The summed E-state index contributed by atoms with van der Waals surface area (Å²) in [5, 5.41) is 10.7. The van der Waals surface area contributed by atoms with Crippen LogP contribution in [0.4, 0.5) is 0 Å². The molecule has 0 aromatic carbocycles. The molecule has 5 heteroatoms. The van der Waals surface area contributed by atoms with Gasteiger partial charge < -0.3 is 15.7 Å². The summed E-state index contributed by atoms with van der Waals surface area (Å²) >= 11 is 1.73. The monoisotopic (exact) mass is 242 g/mol. The molecule has 1 rings (SSSR count). The van der Waals surface area contributed by atoms with Crippen LogP contribution in [0, 0.1) is 6.92 Å². The van der Waals surface area contributed by atoms with Crippen LogP contribution in [-0.2, 0) is 11.3 Å². The normalized spacial score (nSPS) is 13.0. The molecule has 0 saturated heterocycles. The molecule has 1 atom stereocenters. The Balaban J connectivity index is 2.34. The summed E-state index contributed by atoms with van der Waals surface area (Å²) < 4.78 is 0. The average Bonchev–Trinajstić information content (AvgIpc) is 2.60. The molecule has 1 unspecified atom stereocenters. The van der Waals surface area contributed by atoms with Gasteiger partial charge in [0.25, 0.3) is 0 Å². The Morgan fingerprint density at radius 2 is 2.38 bits per heavy atom. The third-order valence-electron chi connectivity index (χ3n) is 2.52. The highest BCUT2D eigenvalue weighted by molar-refractivity contribution is 7.10. The van der Waals surface area contributed by atoms with Crippen molar-refractivity contribution in [1.82, 2.24) is 4.90 Å². The Morgan fingerprint density at radius 1 is 1.69 bits per heavy atom. The molecule has 16 heavy (non-hydrogen) atoms. The molecule has 0 saturated carbocycles. The molecule has 0 spiro atoms. The van der Waals surface area contributed by atoms with Crippen molar-refractivity contribution in [2.45, 2.75) is 25.9 Å². The molecular weight excluding hydrogens is 224 g/mol. The quantitative estimate of drug-likeness (QED) is 0.789. The van der Waals surface area contributed by atoms with Crippen LogP contribution in [0.25, 0.3) is 0 Å². The van der Waals surface area contributed by atoms with Gasteiger partial charge in [-0.25, -0.2) is 0 Å². The second-order valence-corrected chi connectivity index (χ2v) is 5.00. The van der Waals surface area contributed by atoms with Crippen molar-refractivity contribution in [2.75, 3.05) is 13.6 Å². The third kappa shape index (κ3) is 3.92. The van der Waals surface area contributed by atoms with Gasteiger partial charge in [0, 0.05) is 18.0 Å². The Kier molecular flexibility index (Phi) is 4.92. The zero-order chi connectivity index (χ0) is 12.1. The molecule has 0 amide bonds. The number of rotatable bonds is 6. The average molecular weight is 242 g/mol. The Bertz CT molecular complexity index is 352. The predicted molar refractivity (Wildman–Crippen MR) is 65.6 cm³/mol. The number of thiophene rings is 1. The van der Waals surface area contributed by atoms with E-state index in [1.165, 1.54) is 10.4 Å². The lowest BCUT2D eigenvalue weighted by Gasteiger charge is -2.17. The Morgan fingerprint density at radius 3 is 2.88 bits per heavy atom. The fourth-order valence-corrected chi connectivity index (χ4v) is 2.36. The molecule has 4 nitrogen and oxygen atoms in total. The van der Waals surface area contributed by atoms with E-state index in [0.29, 0.717) is 13.0 Å². The molecule has 1 aromatic heterocycles. The first-order chi connectivity index (χ1) is 7.50. The van der Waals surface area contributed by atoms with Crippen LogP contribution in [0.15, 0.2) is 11.4 Å². The maximum atomic E-state index is 10.5. The van der Waals surface area contributed by atoms with Gasteiger partial charge in [0.2, 0.25) is 0 Å². The van der Waals surface area contributed by atoms with Gasteiger partial charge >= 0.3 is 5.97 Å². The highest BCUT2D eigenvalue weighted by Crippen LogP contribution is 2.17. The van der Waals surface area contributed by atoms with Gasteiger partial charge in [0.05, 0.1) is 0 Å². The fourth-order valence-electron chi connectivity index (χ4n) is 1.37. The topological polar surface area (TPSA) is 66.6 Å². The number of nitrogens with zero attached hydrogens (tertiary/aromatic N) is 1. The van der Waals surface area contributed by atoms with Crippen molar-refractivity contribution in [1.29, 1.82) is 0 Å². The summed E-state index contributed by atoms with van der Waals surface area (Å²) in [6, 6.07) is 1.34. The highest BCUT2D eigenvalue weighted by atomic mass is 32.1. The molecule has 0 radical (unpaired) electrons. The van der Waals surface area contributed by atoms with Crippen molar-refractivity contribution in [2.24, 2.45) is 5.73 Å². The van der Waals surface area contributed by atoms with Crippen LogP contribution in [0.2, 0.25) is 0 Å². The van der Waals surface area contributed by atoms with Crippen molar-refractivity contribution in [3.8, 4) is 0 Å². The summed E-state index contributed by atoms with van der Waals surface area (Å²) in [6.45, 7) is 3.64. The van der Waals surface area contributed by atoms with Crippen molar-refractivity contribution in [3.05, 3.63) is 21.9 Å². The summed E-state index contributed by atoms with van der Waals surface area (Å²) in [6.07, 6.45) is 0.482. The van der Waals surface area contributed by atoms with E-state index < -0.39 is 12.0 Å². The first-order valence-electron chi connectivity index (χ1n) is 5.20. The van der Waals surface area contributed by atoms with Crippen molar-refractivity contribution in [3.63, 3.8) is 0 Å². The van der Waals surface area contributed by atoms with E-state index in [1.807, 2.05) is 7.05 Å². The van der Waals surface area contributed by atoms with Gasteiger partial charge in [0.1, 0.15) is 6.04 Å². The molecular formula is C11H18N2O2S. The number of aryl methyl sites for hydroxylation is 1. The van der Waals surface area contributed by atoms with Gasteiger partial charge in [-0.1, -0.05) is 0 Å². The van der Waals surface area contributed by atoms with Crippen molar-refractivity contribution >= 4 is 17.3 Å². The SMILES string of the molecule is Cc1ccsc1CN(C)CCC(N)C(=O)O. The highest BCUT2D eigenvalue weighted by Gasteiger charge is 2.12. The lowest BCUT2D eigenvalue weighted by atomic mass is 10.2. The second-order valence-electron chi connectivity index (χ2n) is 4.00. The number of hydrogen-bond acceptors (Lipinski definition) is 4. The number of nitrogens with two attached hydrogens (primary N) is 1. The number of carboxylic acids is 1. The first-order valence-corrected chi connectivity index (χ1v) is 6.08. The van der Waals surface area contributed by atoms with E-state index in [1.54, 1.807) is 11.3 Å². The standard InChI is InChI=1S/C11H18N2O2S/c1-8-4-6-16-10(8)7-13(2)5-3-9(12)11(14)15/h4,6,9H,3,5,7,12H2,1-2H3,(H,14,15). The maximum Gasteiger partial charge on any atom is 0.320 e. The van der Waals surface area contributed by atoms with Gasteiger partial charge in [-0.2, -0.15) is 0 Å². The van der Waals surface area contributed by atoms with E-state index in [-0.39, 0.29) is 0 Å². The zero-order valence-electron chi connectivity index (χ0n) is 9.64. The van der Waals surface area contributed by atoms with Crippen LogP contribution in [0.5, 0.6) is 0 Å². The maximum absolute atomic E-state index is 10.5. The van der Waals surface area contributed by atoms with E-state index in [9.17, 15) is 4.79 Å². The molecule has 90 valence electrons. The van der Waals surface area contributed by atoms with Crippen LogP contribution in [0.1, 0.15) is 16.9 Å². The number of hydrogen-bond donors (Lipinski definition) is 2. The minimum atomic E-state index is -0.930. The van der Waals surface area contributed by atoms with Gasteiger partial charge in [-0.3, -0.25) is 4.79 Å². The summed E-state index contributed by atoms with van der Waals surface area (Å²) in [4.78, 5) is 14.0. The predicted octanol–water partition coefficient (Wildman–Crippen LogP) is 1.29. The number of carbonyl (C=O) groups is 1. The van der Waals surface area contributed by atoms with Crippen molar-refractivity contribution < 1.29 is 9.90 Å².